The molecule has 2 heterocycles. The van der Waals surface area contributed by atoms with E-state index < -0.39 is 11.3 Å². The van der Waals surface area contributed by atoms with Crippen molar-refractivity contribution in [2.45, 2.75) is 71.8 Å². The number of rotatable bonds is 3. The van der Waals surface area contributed by atoms with Crippen LogP contribution in [0.3, 0.4) is 0 Å². The number of aryl methyl sites for hydroxylation is 1. The molecule has 1 atom stereocenters. The predicted molar refractivity (Wildman–Crippen MR) is 90.9 cm³/mol. The van der Waals surface area contributed by atoms with Crippen molar-refractivity contribution in [1.29, 1.82) is 0 Å². The van der Waals surface area contributed by atoms with Gasteiger partial charge in [0, 0.05) is 18.8 Å². The lowest BCUT2D eigenvalue weighted by molar-refractivity contribution is -0.0626. The Hall–Kier alpha value is -1.82. The van der Waals surface area contributed by atoms with Crippen LogP contribution in [0.25, 0.3) is 0 Å². The fourth-order valence-electron chi connectivity index (χ4n) is 3.02. The smallest absolute Gasteiger partial charge is 0.412 e. The normalized spacial score (nSPS) is 20.2. The first kappa shape index (κ1) is 18.5. The van der Waals surface area contributed by atoms with Crippen molar-refractivity contribution in [3.05, 3.63) is 24.0 Å². The summed E-state index contributed by atoms with van der Waals surface area (Å²) in [4.78, 5) is 25.9. The molecule has 134 valence electrons. The van der Waals surface area contributed by atoms with Gasteiger partial charge in [-0.1, -0.05) is 0 Å². The second-order valence-corrected chi connectivity index (χ2v) is 7.69. The SMILES string of the molecule is CC(=O)n1cccc1CC[C@@H]1COC(C)(C)N1C(=O)OC(C)(C)C. The Morgan fingerprint density at radius 3 is 2.62 bits per heavy atom. The lowest BCUT2D eigenvalue weighted by Gasteiger charge is -2.35. The molecule has 0 unspecified atom stereocenters. The molecule has 6 nitrogen and oxygen atoms in total. The lowest BCUT2D eigenvalue weighted by atomic mass is 10.1. The van der Waals surface area contributed by atoms with Gasteiger partial charge in [-0.3, -0.25) is 14.3 Å². The van der Waals surface area contributed by atoms with Crippen molar-refractivity contribution in [3.63, 3.8) is 0 Å². The van der Waals surface area contributed by atoms with E-state index in [9.17, 15) is 9.59 Å². The molecule has 0 aliphatic carbocycles. The van der Waals surface area contributed by atoms with Gasteiger partial charge in [0.25, 0.3) is 0 Å². The number of amides is 1. The van der Waals surface area contributed by atoms with Crippen LogP contribution < -0.4 is 0 Å². The number of hydrogen-bond donors (Lipinski definition) is 0. The van der Waals surface area contributed by atoms with Gasteiger partial charge in [-0.2, -0.15) is 0 Å². The molecular weight excluding hydrogens is 308 g/mol. The zero-order valence-corrected chi connectivity index (χ0v) is 15.5. The van der Waals surface area contributed by atoms with Crippen molar-refractivity contribution in [2.24, 2.45) is 0 Å². The van der Waals surface area contributed by atoms with Crippen LogP contribution in [0, 0.1) is 0 Å². The molecule has 1 saturated heterocycles. The molecule has 1 fully saturated rings. The molecule has 24 heavy (non-hydrogen) atoms. The fraction of sp³-hybridized carbons (Fsp3) is 0.667. The number of ether oxygens (including phenoxy) is 2. The highest BCUT2D eigenvalue weighted by Crippen LogP contribution is 2.31. The summed E-state index contributed by atoms with van der Waals surface area (Å²) in [6, 6.07) is 3.71. The van der Waals surface area contributed by atoms with Gasteiger partial charge in [0.1, 0.15) is 11.3 Å². The fourth-order valence-corrected chi connectivity index (χ4v) is 3.02. The molecule has 1 amide bonds. The highest BCUT2D eigenvalue weighted by atomic mass is 16.6. The van der Waals surface area contributed by atoms with Crippen LogP contribution in [-0.2, 0) is 15.9 Å². The van der Waals surface area contributed by atoms with E-state index in [1.54, 1.807) is 15.7 Å². The van der Waals surface area contributed by atoms with E-state index in [1.165, 1.54) is 6.92 Å². The summed E-state index contributed by atoms with van der Waals surface area (Å²) < 4.78 is 13.0. The van der Waals surface area contributed by atoms with Gasteiger partial charge >= 0.3 is 6.09 Å². The Balaban J connectivity index is 2.09. The largest absolute Gasteiger partial charge is 0.444 e. The molecular formula is C18H28N2O4. The molecule has 0 spiro atoms. The third-order valence-electron chi connectivity index (χ3n) is 4.07. The van der Waals surface area contributed by atoms with Crippen molar-refractivity contribution in [3.8, 4) is 0 Å². The van der Waals surface area contributed by atoms with Crippen LogP contribution in [0.4, 0.5) is 4.79 Å². The summed E-state index contributed by atoms with van der Waals surface area (Å²) in [6.07, 6.45) is 2.80. The lowest BCUT2D eigenvalue weighted by Crippen LogP contribution is -2.50. The van der Waals surface area contributed by atoms with Gasteiger partial charge in [-0.15, -0.1) is 0 Å². The van der Waals surface area contributed by atoms with Crippen LogP contribution in [-0.4, -0.2) is 45.4 Å². The highest BCUT2D eigenvalue weighted by Gasteiger charge is 2.45. The van der Waals surface area contributed by atoms with E-state index in [-0.39, 0.29) is 18.0 Å². The Labute approximate surface area is 143 Å². The minimum atomic E-state index is -0.699. The van der Waals surface area contributed by atoms with E-state index in [0.29, 0.717) is 19.4 Å². The van der Waals surface area contributed by atoms with Crippen LogP contribution in [0.5, 0.6) is 0 Å². The maximum Gasteiger partial charge on any atom is 0.412 e. The van der Waals surface area contributed by atoms with E-state index in [2.05, 4.69) is 0 Å². The summed E-state index contributed by atoms with van der Waals surface area (Å²) in [5.41, 5.74) is -0.310. The Morgan fingerprint density at radius 1 is 1.38 bits per heavy atom. The van der Waals surface area contributed by atoms with E-state index in [1.807, 2.05) is 46.8 Å². The van der Waals surface area contributed by atoms with Crippen LogP contribution in [0.1, 0.15) is 58.5 Å². The van der Waals surface area contributed by atoms with Gasteiger partial charge in [0.15, 0.2) is 0 Å². The summed E-state index contributed by atoms with van der Waals surface area (Å²) in [6.45, 7) is 11.3. The number of nitrogens with zero attached hydrogens (tertiary/aromatic N) is 2. The zero-order valence-electron chi connectivity index (χ0n) is 15.5. The number of carbonyl (C=O) groups is 2. The third kappa shape index (κ3) is 4.17. The minimum Gasteiger partial charge on any atom is -0.444 e. The summed E-state index contributed by atoms with van der Waals surface area (Å²) in [5.74, 6) is -0.0120. The molecule has 0 bridgehead atoms. The maximum absolute atomic E-state index is 12.6. The van der Waals surface area contributed by atoms with Crippen molar-refractivity contribution in [1.82, 2.24) is 9.47 Å². The van der Waals surface area contributed by atoms with Gasteiger partial charge in [0.05, 0.1) is 12.6 Å². The van der Waals surface area contributed by atoms with Crippen LogP contribution in [0.15, 0.2) is 18.3 Å². The summed E-state index contributed by atoms with van der Waals surface area (Å²) in [5, 5.41) is 0. The van der Waals surface area contributed by atoms with Gasteiger partial charge in [-0.05, 0) is 59.6 Å². The van der Waals surface area contributed by atoms with Crippen molar-refractivity contribution >= 4 is 12.0 Å². The number of aromatic nitrogens is 1. The van der Waals surface area contributed by atoms with Crippen molar-refractivity contribution < 1.29 is 19.1 Å². The topological polar surface area (TPSA) is 60.8 Å². The summed E-state index contributed by atoms with van der Waals surface area (Å²) in [7, 11) is 0. The van der Waals surface area contributed by atoms with Gasteiger partial charge in [0.2, 0.25) is 5.91 Å². The van der Waals surface area contributed by atoms with Crippen molar-refractivity contribution in [2.75, 3.05) is 6.61 Å². The molecule has 1 aromatic heterocycles. The maximum atomic E-state index is 12.6. The predicted octanol–water partition coefficient (Wildman–Crippen LogP) is 3.45. The average molecular weight is 336 g/mol. The molecule has 1 aliphatic heterocycles. The van der Waals surface area contributed by atoms with Crippen LogP contribution in [0.2, 0.25) is 0 Å². The average Bonchev–Trinajstić information content (AvgIpc) is 2.98. The molecule has 1 aliphatic rings. The molecule has 0 radical (unpaired) electrons. The second kappa shape index (κ2) is 6.59. The number of carbonyl (C=O) groups excluding carboxylic acids is 2. The van der Waals surface area contributed by atoms with E-state index in [4.69, 9.17) is 9.47 Å². The molecule has 2 rings (SSSR count). The molecule has 0 N–H and O–H groups in total. The molecule has 0 saturated carbocycles. The third-order valence-corrected chi connectivity index (χ3v) is 4.07. The van der Waals surface area contributed by atoms with E-state index >= 15 is 0 Å². The first-order valence-electron chi connectivity index (χ1n) is 8.35. The Bertz CT molecular complexity index is 613. The summed E-state index contributed by atoms with van der Waals surface area (Å²) >= 11 is 0. The first-order chi connectivity index (χ1) is 11.0. The van der Waals surface area contributed by atoms with E-state index in [0.717, 1.165) is 5.69 Å². The molecule has 1 aromatic rings. The van der Waals surface area contributed by atoms with Gasteiger partial charge in [-0.25, -0.2) is 4.79 Å². The highest BCUT2D eigenvalue weighted by molar-refractivity contribution is 5.77. The Kier molecular flexibility index (Phi) is 5.08. The standard InChI is InChI=1S/C18H28N2O4/c1-13(21)19-11-7-8-14(19)9-10-15-12-23-18(5,6)20(15)16(22)24-17(2,3)4/h7-8,11,15H,9-10,12H2,1-6H3/t15-/m1/s1. The zero-order chi connectivity index (χ0) is 18.1. The minimum absolute atomic E-state index is 0.0120. The quantitative estimate of drug-likeness (QED) is 0.848. The monoisotopic (exact) mass is 336 g/mol. The molecule has 6 heteroatoms. The van der Waals surface area contributed by atoms with Crippen LogP contribution >= 0.6 is 0 Å². The first-order valence-corrected chi connectivity index (χ1v) is 8.35. The number of hydrogen-bond acceptors (Lipinski definition) is 4. The molecule has 0 aromatic carbocycles. The van der Waals surface area contributed by atoms with Gasteiger partial charge < -0.3 is 9.47 Å². The second-order valence-electron chi connectivity index (χ2n) is 7.69. The Morgan fingerprint density at radius 2 is 2.04 bits per heavy atom.